The van der Waals surface area contributed by atoms with Gasteiger partial charge in [0.25, 0.3) is 0 Å². The highest BCUT2D eigenvalue weighted by Crippen LogP contribution is 2.44. The molecule has 2 aromatic rings. The topological polar surface area (TPSA) is 131 Å². The van der Waals surface area contributed by atoms with Crippen LogP contribution in [0.1, 0.15) is 69.8 Å². The predicted octanol–water partition coefficient (Wildman–Crippen LogP) is 4.59. The molecule has 0 spiro atoms. The van der Waals surface area contributed by atoms with Gasteiger partial charge in [0.1, 0.15) is 6.33 Å². The number of likely N-dealkylation sites (N-methyl/N-ethyl adjacent to an activating group) is 1. The van der Waals surface area contributed by atoms with Crippen LogP contribution in [0.4, 0.5) is 0 Å². The van der Waals surface area contributed by atoms with Crippen LogP contribution >= 0.6 is 11.8 Å². The van der Waals surface area contributed by atoms with E-state index in [9.17, 15) is 4.79 Å². The molecule has 0 radical (unpaired) electrons. The average Bonchev–Trinajstić information content (AvgIpc) is 3.85. The Kier molecular flexibility index (Phi) is 12.0. The molecule has 0 unspecified atom stereocenters. The third-order valence-corrected chi connectivity index (χ3v) is 7.82. The Hall–Kier alpha value is -3.57. The number of nitrogens with zero attached hydrogens (tertiary/aromatic N) is 6. The van der Waals surface area contributed by atoms with Crippen LogP contribution in [0.15, 0.2) is 57.4 Å². The van der Waals surface area contributed by atoms with Crippen molar-refractivity contribution in [3.05, 3.63) is 59.5 Å². The lowest BCUT2D eigenvalue weighted by Gasteiger charge is -2.30. The Labute approximate surface area is 247 Å². The van der Waals surface area contributed by atoms with Crippen LogP contribution in [0, 0.1) is 0 Å². The fourth-order valence-corrected chi connectivity index (χ4v) is 4.69. The number of carbonyl (C=O) groups is 1. The third kappa shape index (κ3) is 8.46. The van der Waals surface area contributed by atoms with E-state index in [1.165, 1.54) is 6.33 Å². The van der Waals surface area contributed by atoms with E-state index in [2.05, 4.69) is 52.6 Å². The number of thioether (sulfide) groups is 1. The first-order valence-corrected chi connectivity index (χ1v) is 14.9. The normalized spacial score (nSPS) is 15.2. The fourth-order valence-electron chi connectivity index (χ4n) is 4.06. The summed E-state index contributed by atoms with van der Waals surface area (Å²) >= 11 is 1.72. The van der Waals surface area contributed by atoms with Crippen molar-refractivity contribution in [2.45, 2.75) is 70.4 Å². The van der Waals surface area contributed by atoms with Gasteiger partial charge in [-0.2, -0.15) is 0 Å². The monoisotopic (exact) mass is 578 g/mol. The fraction of sp³-hybridized carbons (Fsp3) is 0.467. The van der Waals surface area contributed by atoms with Crippen LogP contribution < -0.4 is 15.8 Å². The van der Waals surface area contributed by atoms with Gasteiger partial charge in [-0.25, -0.2) is 15.0 Å². The molecule has 0 saturated heterocycles. The molecule has 0 amide bonds. The van der Waals surface area contributed by atoms with Crippen LogP contribution in [0.25, 0.3) is 5.70 Å². The van der Waals surface area contributed by atoms with Crippen LogP contribution in [0.3, 0.4) is 0 Å². The highest BCUT2D eigenvalue weighted by atomic mass is 32.2. The Morgan fingerprint density at radius 2 is 2.07 bits per heavy atom. The van der Waals surface area contributed by atoms with Crippen molar-refractivity contribution >= 4 is 35.4 Å². The first-order chi connectivity index (χ1) is 19.8. The molecule has 1 aliphatic carbocycles. The number of aldehydes is 1. The van der Waals surface area contributed by atoms with Gasteiger partial charge >= 0.3 is 0 Å². The number of aliphatic imine (C=N–C) groups is 2. The minimum atomic E-state index is 0.126. The van der Waals surface area contributed by atoms with E-state index in [0.717, 1.165) is 46.9 Å². The zero-order valence-corrected chi connectivity index (χ0v) is 25.8. The van der Waals surface area contributed by atoms with Crippen molar-refractivity contribution in [2.75, 3.05) is 26.5 Å². The summed E-state index contributed by atoms with van der Waals surface area (Å²) in [6.07, 6.45) is 7.01. The molecule has 0 aromatic carbocycles. The summed E-state index contributed by atoms with van der Waals surface area (Å²) in [5.41, 5.74) is 10.3. The number of rotatable bonds is 14. The molecule has 41 heavy (non-hydrogen) atoms. The van der Waals surface area contributed by atoms with Gasteiger partial charge in [-0.1, -0.05) is 20.4 Å². The summed E-state index contributed by atoms with van der Waals surface area (Å²) in [4.78, 5) is 38.2. The second-order valence-corrected chi connectivity index (χ2v) is 11.2. The number of pyridine rings is 1. The Bertz CT molecular complexity index is 1300. The van der Waals surface area contributed by atoms with E-state index < -0.39 is 0 Å². The van der Waals surface area contributed by atoms with Gasteiger partial charge in [0.15, 0.2) is 18.0 Å². The minimum absolute atomic E-state index is 0.126. The third-order valence-electron chi connectivity index (χ3n) is 6.96. The molecular weight excluding hydrogens is 536 g/mol. The number of nitrogens with one attached hydrogen (secondary N) is 1. The van der Waals surface area contributed by atoms with E-state index in [-0.39, 0.29) is 25.0 Å². The summed E-state index contributed by atoms with van der Waals surface area (Å²) in [5.74, 6) is 2.47. The van der Waals surface area contributed by atoms with Gasteiger partial charge in [-0.3, -0.25) is 14.8 Å². The maximum Gasteiger partial charge on any atom is 0.226 e. The van der Waals surface area contributed by atoms with Crippen LogP contribution in [0.5, 0.6) is 5.88 Å². The lowest BCUT2D eigenvalue weighted by atomic mass is 10.1. The first-order valence-electron chi connectivity index (χ1n) is 13.9. The van der Waals surface area contributed by atoms with Crippen molar-refractivity contribution in [3.8, 4) is 5.88 Å². The maximum atomic E-state index is 12.2. The van der Waals surface area contributed by atoms with Gasteiger partial charge < -0.3 is 20.7 Å². The molecule has 11 heteroatoms. The van der Waals surface area contributed by atoms with E-state index in [1.54, 1.807) is 18.9 Å². The van der Waals surface area contributed by atoms with E-state index in [1.807, 2.05) is 37.2 Å². The highest BCUT2D eigenvalue weighted by molar-refractivity contribution is 7.99. The van der Waals surface area contributed by atoms with Gasteiger partial charge in [0.2, 0.25) is 5.88 Å². The second kappa shape index (κ2) is 15.4. The summed E-state index contributed by atoms with van der Waals surface area (Å²) in [7, 11) is 3.54. The molecule has 1 fully saturated rings. The average molecular weight is 579 g/mol. The van der Waals surface area contributed by atoms with Crippen molar-refractivity contribution in [1.82, 2.24) is 25.2 Å². The lowest BCUT2D eigenvalue weighted by molar-refractivity contribution is -0.102. The zero-order valence-electron chi connectivity index (χ0n) is 25.0. The molecule has 220 valence electrons. The van der Waals surface area contributed by atoms with Crippen molar-refractivity contribution in [3.63, 3.8) is 0 Å². The number of hydrogen-bond donors (Lipinski definition) is 2. The number of ether oxygens (including phenoxy) is 1. The number of carbonyl (C=O) groups excluding carboxylic acids is 1. The molecule has 1 saturated carbocycles. The predicted molar refractivity (Wildman–Crippen MR) is 167 cm³/mol. The highest BCUT2D eigenvalue weighted by Gasteiger charge is 2.31. The van der Waals surface area contributed by atoms with Gasteiger partial charge in [-0.05, 0) is 56.6 Å². The van der Waals surface area contributed by atoms with Crippen molar-refractivity contribution < 1.29 is 9.53 Å². The molecular formula is C30H42N8O2S. The zero-order chi connectivity index (χ0) is 29.9. The molecule has 0 aliphatic heterocycles. The summed E-state index contributed by atoms with van der Waals surface area (Å²) in [5, 5.41) is 3.23. The van der Waals surface area contributed by atoms with Gasteiger partial charge in [0, 0.05) is 36.6 Å². The van der Waals surface area contributed by atoms with Crippen molar-refractivity contribution in [2.24, 2.45) is 15.7 Å². The maximum absolute atomic E-state index is 12.2. The molecule has 3 rings (SSSR count). The Morgan fingerprint density at radius 1 is 1.32 bits per heavy atom. The van der Waals surface area contributed by atoms with Gasteiger partial charge in [-0.15, -0.1) is 11.8 Å². The lowest BCUT2D eigenvalue weighted by Crippen LogP contribution is -2.42. The molecule has 1 aliphatic rings. The number of nitrogens with two attached hydrogens (primary N) is 1. The molecule has 2 heterocycles. The van der Waals surface area contributed by atoms with E-state index >= 15 is 0 Å². The molecule has 1 atom stereocenters. The van der Waals surface area contributed by atoms with Crippen LogP contribution in [-0.2, 0) is 11.3 Å². The summed E-state index contributed by atoms with van der Waals surface area (Å²) < 4.78 is 5.59. The van der Waals surface area contributed by atoms with Crippen molar-refractivity contribution in [1.29, 1.82) is 0 Å². The number of methoxy groups -OCH3 is 1. The SMILES string of the molecule is C=C(N=C(/C(NC(C=O)=NCc1ccc(SCC)cn1)=C(\C)CN)N(C)[C@H](C)CC)c1c(OC)ncnc1C1CC1. The molecule has 3 N–H and O–H groups in total. The van der Waals surface area contributed by atoms with Crippen LogP contribution in [-0.4, -0.2) is 70.3 Å². The van der Waals surface area contributed by atoms with E-state index in [4.69, 9.17) is 15.5 Å². The van der Waals surface area contributed by atoms with Gasteiger partial charge in [0.05, 0.1) is 42.0 Å². The number of aromatic nitrogens is 3. The molecule has 2 aromatic heterocycles. The number of hydrogen-bond acceptors (Lipinski definition) is 9. The largest absolute Gasteiger partial charge is 0.480 e. The second-order valence-electron chi connectivity index (χ2n) is 9.89. The summed E-state index contributed by atoms with van der Waals surface area (Å²) in [6, 6.07) is 4.06. The smallest absolute Gasteiger partial charge is 0.226 e. The molecule has 10 nitrogen and oxygen atoms in total. The number of amidine groups is 2. The quantitative estimate of drug-likeness (QED) is 0.143. The first kappa shape index (κ1) is 32.0. The Morgan fingerprint density at radius 3 is 2.63 bits per heavy atom. The molecule has 0 bridgehead atoms. The minimum Gasteiger partial charge on any atom is -0.480 e. The summed E-state index contributed by atoms with van der Waals surface area (Å²) in [6.45, 7) is 13.0. The van der Waals surface area contributed by atoms with Crippen LogP contribution in [0.2, 0.25) is 0 Å². The van der Waals surface area contributed by atoms with E-state index in [0.29, 0.717) is 40.9 Å². The standard InChI is InChI=1S/C30H42N8O2S/c1-8-20(4)38(6)29(36-21(5)26-28(22-10-11-22)34-18-35-30(26)40-7)27(19(3)14-31)37-25(17-39)33-15-23-12-13-24(16-32-23)41-9-2/h12-13,16-18,20,22H,5,8-11,14-15,31H2,1-4,6-7H3,(H,33,37)/b27-19-,36-29?/t20-/m1/s1. The Balaban J connectivity index is 2.03.